The van der Waals surface area contributed by atoms with Gasteiger partial charge in [-0.05, 0) is 61.1 Å². The van der Waals surface area contributed by atoms with Crippen molar-refractivity contribution in [3.8, 4) is 5.75 Å². The lowest BCUT2D eigenvalue weighted by Crippen LogP contribution is -2.59. The predicted molar refractivity (Wildman–Crippen MR) is 175 cm³/mol. The number of hydrogen-bond donors (Lipinski definition) is 4. The summed E-state index contributed by atoms with van der Waals surface area (Å²) in [5, 5.41) is 9.47. The maximum Gasteiger partial charge on any atom is 0.268 e. The van der Waals surface area contributed by atoms with Crippen LogP contribution in [0, 0.1) is 23.2 Å². The number of hydrogen-bond acceptors (Lipinski definition) is 6. The average molecular weight is 656 g/mol. The summed E-state index contributed by atoms with van der Waals surface area (Å²) in [4.78, 5) is 72.3. The molecule has 3 aliphatic rings. The van der Waals surface area contributed by atoms with Crippen LogP contribution in [0.2, 0.25) is 0 Å². The zero-order chi connectivity index (χ0) is 33.2. The number of halogens is 1. The number of carbonyl (C=O) groups excluding carboxylic acids is 5. The van der Waals surface area contributed by atoms with Crippen LogP contribution < -0.4 is 20.7 Å². The highest BCUT2D eigenvalue weighted by Gasteiger charge is 2.53. The molecule has 4 N–H and O–H groups in total. The molecule has 1 aromatic heterocycles. The molecule has 0 radical (unpaired) electrons. The molecule has 2 saturated heterocycles. The molecule has 11 nitrogen and oxygen atoms in total. The number of rotatable bonds is 11. The number of likely N-dealkylation sites (tertiary alicyclic amines) is 1. The van der Waals surface area contributed by atoms with Crippen LogP contribution in [0.3, 0.4) is 0 Å². The Kier molecular flexibility index (Phi) is 10.3. The van der Waals surface area contributed by atoms with E-state index in [4.69, 9.17) is 16.3 Å². The van der Waals surface area contributed by atoms with E-state index in [9.17, 15) is 24.0 Å². The first-order chi connectivity index (χ1) is 22.0. The lowest BCUT2D eigenvalue weighted by Gasteiger charge is -2.37. The highest BCUT2D eigenvalue weighted by atomic mass is 35.5. The van der Waals surface area contributed by atoms with Gasteiger partial charge in [-0.2, -0.15) is 0 Å². The van der Waals surface area contributed by atoms with Crippen LogP contribution in [-0.4, -0.2) is 83.5 Å². The molecule has 3 fully saturated rings. The van der Waals surface area contributed by atoms with E-state index in [-0.39, 0.29) is 41.7 Å². The monoisotopic (exact) mass is 655 g/mol. The number of methoxy groups -OCH3 is 1. The highest BCUT2D eigenvalue weighted by Crippen LogP contribution is 2.42. The van der Waals surface area contributed by atoms with Gasteiger partial charge in [0.2, 0.25) is 17.7 Å². The minimum Gasteiger partial charge on any atom is -0.496 e. The summed E-state index contributed by atoms with van der Waals surface area (Å²) in [6.45, 7) is 6.75. The van der Waals surface area contributed by atoms with E-state index in [0.717, 1.165) is 43.0 Å². The Morgan fingerprint density at radius 1 is 1.11 bits per heavy atom. The number of nitrogens with one attached hydrogen (secondary N) is 4. The second kappa shape index (κ2) is 14.0. The molecule has 1 unspecified atom stereocenters. The van der Waals surface area contributed by atoms with Gasteiger partial charge >= 0.3 is 0 Å². The van der Waals surface area contributed by atoms with Crippen molar-refractivity contribution < 1.29 is 28.7 Å². The van der Waals surface area contributed by atoms with Crippen molar-refractivity contribution in [1.29, 1.82) is 0 Å². The second-order valence-corrected chi connectivity index (χ2v) is 14.0. The number of carbonyl (C=O) groups is 5. The summed E-state index contributed by atoms with van der Waals surface area (Å²) in [5.74, 6) is -1.89. The Balaban J connectivity index is 1.41. The van der Waals surface area contributed by atoms with Gasteiger partial charge in [0.25, 0.3) is 5.91 Å². The Morgan fingerprint density at radius 2 is 1.85 bits per heavy atom. The maximum absolute atomic E-state index is 14.6. The number of fused-ring (bicyclic) bond motifs is 1. The van der Waals surface area contributed by atoms with E-state index in [2.05, 4.69) is 20.9 Å². The largest absolute Gasteiger partial charge is 0.496 e. The molecule has 4 amide bonds. The minimum atomic E-state index is -0.949. The molecule has 2 aliphatic heterocycles. The molecule has 46 heavy (non-hydrogen) atoms. The number of H-pyrrole nitrogens is 1. The molecule has 1 aromatic carbocycles. The molecule has 3 heterocycles. The van der Waals surface area contributed by atoms with Crippen LogP contribution in [0.5, 0.6) is 5.75 Å². The summed E-state index contributed by atoms with van der Waals surface area (Å²) in [6, 6.07) is 4.57. The van der Waals surface area contributed by atoms with Gasteiger partial charge in [-0.25, -0.2) is 0 Å². The number of aromatic nitrogens is 1. The van der Waals surface area contributed by atoms with Gasteiger partial charge < -0.3 is 30.6 Å². The van der Waals surface area contributed by atoms with Gasteiger partial charge in [0, 0.05) is 29.9 Å². The van der Waals surface area contributed by atoms with Gasteiger partial charge in [-0.3, -0.25) is 24.0 Å². The Bertz CT molecular complexity index is 1480. The highest BCUT2D eigenvalue weighted by molar-refractivity contribution is 6.28. The normalized spacial score (nSPS) is 24.3. The number of nitrogens with zero attached hydrogens (tertiary/aromatic N) is 1. The fourth-order valence-electron chi connectivity index (χ4n) is 7.45. The van der Waals surface area contributed by atoms with Crippen LogP contribution in [0.25, 0.3) is 10.9 Å². The first kappa shape index (κ1) is 33.8. The van der Waals surface area contributed by atoms with Crippen molar-refractivity contribution in [2.24, 2.45) is 23.2 Å². The fourth-order valence-corrected chi connectivity index (χ4v) is 7.63. The van der Waals surface area contributed by atoms with Crippen molar-refractivity contribution in [3.63, 3.8) is 0 Å². The van der Waals surface area contributed by atoms with Gasteiger partial charge in [-0.15, -0.1) is 11.6 Å². The quantitative estimate of drug-likeness (QED) is 0.272. The third kappa shape index (κ3) is 6.75. The summed E-state index contributed by atoms with van der Waals surface area (Å²) >= 11 is 5.92. The molecule has 0 spiro atoms. The van der Waals surface area contributed by atoms with Gasteiger partial charge in [-0.1, -0.05) is 46.1 Å². The second-order valence-electron chi connectivity index (χ2n) is 13.7. The lowest BCUT2D eigenvalue weighted by molar-refractivity contribution is -0.144. The topological polar surface area (TPSA) is 150 Å². The van der Waals surface area contributed by atoms with Gasteiger partial charge in [0.15, 0.2) is 5.78 Å². The van der Waals surface area contributed by atoms with Crippen LogP contribution in [0.15, 0.2) is 24.3 Å². The van der Waals surface area contributed by atoms with Crippen molar-refractivity contribution in [2.45, 2.75) is 83.8 Å². The molecule has 12 heteroatoms. The van der Waals surface area contributed by atoms with E-state index < -0.39 is 41.3 Å². The molecule has 250 valence electrons. The molecule has 2 aromatic rings. The Hall–Kier alpha value is -3.60. The zero-order valence-corrected chi connectivity index (χ0v) is 27.9. The molecule has 5 atom stereocenters. The molecular weight excluding hydrogens is 610 g/mol. The molecule has 1 saturated carbocycles. The molecular formula is C34H46ClN5O6. The first-order valence-electron chi connectivity index (χ1n) is 16.4. The predicted octanol–water partition coefficient (Wildman–Crippen LogP) is 3.55. The standard InChI is InChI=1S/C34H46ClN5O6/c1-19-18-40(29(34(19,2)3)32(44)38-24(26(41)17-35)15-21-13-14-36-30(21)42)33(45)28(20-9-6-5-7-10-20)39-31(43)25-16-22-23(37-25)11-8-12-27(22)46-4/h8,11-12,16,19-21,24,28-29,37H,5-7,9-10,13-15,17-18H2,1-4H3,(H,36,42)(H,38,44)(H,39,43)/t19-,21?,24+,28+,29-/m1/s1. The minimum absolute atomic E-state index is 0.0427. The number of alkyl halides is 1. The van der Waals surface area contributed by atoms with Gasteiger partial charge in [0.1, 0.15) is 23.5 Å². The fraction of sp³-hybridized carbons (Fsp3) is 0.618. The van der Waals surface area contributed by atoms with E-state index in [0.29, 0.717) is 31.0 Å². The maximum atomic E-state index is 14.6. The third-order valence-electron chi connectivity index (χ3n) is 10.6. The Labute approximate surface area is 274 Å². The van der Waals surface area contributed by atoms with Crippen molar-refractivity contribution >= 4 is 51.9 Å². The van der Waals surface area contributed by atoms with Crippen LogP contribution in [0.1, 0.15) is 76.2 Å². The number of Topliss-reactive ketones (excluding diaryl/α,β-unsaturated/α-hetero) is 1. The van der Waals surface area contributed by atoms with Gasteiger partial charge in [0.05, 0.1) is 19.0 Å². The summed E-state index contributed by atoms with van der Waals surface area (Å²) in [6.07, 6.45) is 5.28. The first-order valence-corrected chi connectivity index (χ1v) is 16.9. The third-order valence-corrected chi connectivity index (χ3v) is 10.8. The number of aromatic amines is 1. The summed E-state index contributed by atoms with van der Waals surface area (Å²) < 4.78 is 5.46. The smallest absolute Gasteiger partial charge is 0.268 e. The lowest BCUT2D eigenvalue weighted by atomic mass is 9.77. The SMILES string of the molecule is COc1cccc2[nH]c(C(=O)N[C@H](C(=O)N3C[C@@H](C)C(C)(C)[C@H]3C(=O)N[C@@H](CC3CCNC3=O)C(=O)CCl)C3CCCCC3)cc12. The zero-order valence-electron chi connectivity index (χ0n) is 27.1. The van der Waals surface area contributed by atoms with E-state index in [1.54, 1.807) is 18.1 Å². The van der Waals surface area contributed by atoms with Crippen molar-refractivity contribution in [2.75, 3.05) is 26.1 Å². The van der Waals surface area contributed by atoms with Crippen molar-refractivity contribution in [1.82, 2.24) is 25.8 Å². The van der Waals surface area contributed by atoms with Crippen LogP contribution >= 0.6 is 11.6 Å². The van der Waals surface area contributed by atoms with E-state index in [1.165, 1.54) is 0 Å². The number of benzene rings is 1. The van der Waals surface area contributed by atoms with Crippen LogP contribution in [0.4, 0.5) is 0 Å². The molecule has 5 rings (SSSR count). The molecule has 0 bridgehead atoms. The number of ketones is 1. The summed E-state index contributed by atoms with van der Waals surface area (Å²) in [5.41, 5.74) is 0.428. The summed E-state index contributed by atoms with van der Waals surface area (Å²) in [7, 11) is 1.57. The van der Waals surface area contributed by atoms with Crippen LogP contribution in [-0.2, 0) is 19.2 Å². The number of amides is 4. The Morgan fingerprint density at radius 3 is 2.50 bits per heavy atom. The molecule has 1 aliphatic carbocycles. The average Bonchev–Trinajstić information content (AvgIpc) is 3.74. The number of ether oxygens (including phenoxy) is 1. The van der Waals surface area contributed by atoms with E-state index >= 15 is 0 Å². The van der Waals surface area contributed by atoms with Crippen molar-refractivity contribution in [3.05, 3.63) is 30.0 Å². The van der Waals surface area contributed by atoms with E-state index in [1.807, 2.05) is 39.0 Å².